The van der Waals surface area contributed by atoms with Crippen LogP contribution in [-0.2, 0) is 0 Å². The highest BCUT2D eigenvalue weighted by molar-refractivity contribution is 8.14. The summed E-state index contributed by atoms with van der Waals surface area (Å²) in [5.41, 5.74) is 3.43. The predicted octanol–water partition coefficient (Wildman–Crippen LogP) is 5.63. The van der Waals surface area contributed by atoms with E-state index in [0.717, 1.165) is 22.9 Å². The number of fused-ring (bicyclic) bond motifs is 1. The number of nitrogens with zero attached hydrogens (tertiary/aromatic N) is 1. The Bertz CT molecular complexity index is 936. The highest BCUT2D eigenvalue weighted by atomic mass is 32.2. The van der Waals surface area contributed by atoms with Crippen LogP contribution in [0.1, 0.15) is 88.7 Å². The lowest BCUT2D eigenvalue weighted by atomic mass is 9.92. The lowest BCUT2D eigenvalue weighted by Gasteiger charge is -2.25. The number of thioether (sulfide) groups is 1. The molecule has 0 fully saturated rings. The van der Waals surface area contributed by atoms with Crippen LogP contribution in [0.25, 0.3) is 0 Å². The van der Waals surface area contributed by atoms with E-state index in [-0.39, 0.29) is 28.4 Å². The van der Waals surface area contributed by atoms with Crippen molar-refractivity contribution in [3.8, 4) is 0 Å². The average molecular weight is 396 g/mol. The van der Waals surface area contributed by atoms with E-state index in [1.54, 1.807) is 18.2 Å². The number of anilines is 1. The quantitative estimate of drug-likeness (QED) is 0.616. The Morgan fingerprint density at radius 2 is 1.50 bits per heavy atom. The Balaban J connectivity index is 2.22. The first kappa shape index (κ1) is 20.3. The van der Waals surface area contributed by atoms with Crippen molar-refractivity contribution in [2.75, 3.05) is 10.7 Å². The molecule has 2 amide bonds. The monoisotopic (exact) mass is 395 g/mol. The molecule has 0 spiro atoms. The summed E-state index contributed by atoms with van der Waals surface area (Å²) >= 11 is 1.15. The zero-order valence-electron chi connectivity index (χ0n) is 16.9. The maximum atomic E-state index is 13.4. The Morgan fingerprint density at radius 1 is 0.929 bits per heavy atom. The molecule has 1 aliphatic heterocycles. The normalized spacial score (nSPS) is 13.6. The molecule has 5 heteroatoms. The average Bonchev–Trinajstić information content (AvgIpc) is 2.91. The van der Waals surface area contributed by atoms with E-state index >= 15 is 0 Å². The standard InChI is InChI=1S/C23H25NO3S/c1-6-28-23(27)18-12-8-11-17-19(18)22(26)24(21(17)25)20-15(13(2)3)9-7-10-16(20)14(4)5/h7-14H,6H2,1-5H3. The maximum Gasteiger partial charge on any atom is 0.266 e. The SMILES string of the molecule is CCSC(=O)c1cccc2c1C(=O)N(c1c(C(C)C)cccc1C(C)C)C2=O. The largest absolute Gasteiger partial charge is 0.282 e. The number of hydrogen-bond acceptors (Lipinski definition) is 4. The van der Waals surface area contributed by atoms with Crippen LogP contribution in [0.3, 0.4) is 0 Å². The van der Waals surface area contributed by atoms with E-state index in [1.165, 1.54) is 4.90 Å². The molecule has 0 radical (unpaired) electrons. The minimum absolute atomic E-state index is 0.148. The topological polar surface area (TPSA) is 54.5 Å². The van der Waals surface area contributed by atoms with E-state index in [0.29, 0.717) is 22.6 Å². The second kappa shape index (κ2) is 7.92. The molecule has 28 heavy (non-hydrogen) atoms. The third kappa shape index (κ3) is 3.28. The molecule has 3 rings (SSSR count). The molecule has 0 N–H and O–H groups in total. The zero-order chi connectivity index (χ0) is 20.6. The van der Waals surface area contributed by atoms with Gasteiger partial charge >= 0.3 is 0 Å². The summed E-state index contributed by atoms with van der Waals surface area (Å²) in [5, 5.41) is -0.177. The third-order valence-corrected chi connectivity index (χ3v) is 5.75. The fourth-order valence-corrected chi connectivity index (χ4v) is 4.23. The molecule has 0 atom stereocenters. The van der Waals surface area contributed by atoms with Crippen LogP contribution in [0.5, 0.6) is 0 Å². The summed E-state index contributed by atoms with van der Waals surface area (Å²) in [7, 11) is 0. The van der Waals surface area contributed by atoms with Gasteiger partial charge in [-0.05, 0) is 40.8 Å². The van der Waals surface area contributed by atoms with Gasteiger partial charge in [0.1, 0.15) is 0 Å². The van der Waals surface area contributed by atoms with Crippen molar-refractivity contribution < 1.29 is 14.4 Å². The number of imide groups is 1. The van der Waals surface area contributed by atoms with E-state index < -0.39 is 5.91 Å². The van der Waals surface area contributed by atoms with Crippen molar-refractivity contribution >= 4 is 34.4 Å². The summed E-state index contributed by atoms with van der Waals surface area (Å²) in [4.78, 5) is 40.5. The van der Waals surface area contributed by atoms with Gasteiger partial charge in [0.2, 0.25) is 5.12 Å². The van der Waals surface area contributed by atoms with Gasteiger partial charge in [-0.25, -0.2) is 4.90 Å². The minimum atomic E-state index is -0.407. The number of rotatable bonds is 5. The first-order valence-electron chi connectivity index (χ1n) is 9.61. The van der Waals surface area contributed by atoms with E-state index in [1.807, 2.05) is 52.8 Å². The molecular formula is C23H25NO3S. The van der Waals surface area contributed by atoms with Gasteiger partial charge in [-0.15, -0.1) is 0 Å². The van der Waals surface area contributed by atoms with Gasteiger partial charge in [0.25, 0.3) is 11.8 Å². The van der Waals surface area contributed by atoms with Crippen molar-refractivity contribution in [2.24, 2.45) is 0 Å². The summed E-state index contributed by atoms with van der Waals surface area (Å²) in [6, 6.07) is 10.9. The molecule has 1 aliphatic rings. The molecule has 2 aromatic carbocycles. The Labute approximate surface area is 170 Å². The molecule has 2 aromatic rings. The second-order valence-electron chi connectivity index (χ2n) is 7.49. The van der Waals surface area contributed by atoms with Crippen molar-refractivity contribution in [2.45, 2.75) is 46.5 Å². The van der Waals surface area contributed by atoms with Gasteiger partial charge in [0.05, 0.1) is 16.8 Å². The summed E-state index contributed by atoms with van der Waals surface area (Å²) in [5.74, 6) is 0.147. The van der Waals surface area contributed by atoms with Crippen LogP contribution >= 0.6 is 11.8 Å². The number of carbonyl (C=O) groups excluding carboxylic acids is 3. The lowest BCUT2D eigenvalue weighted by Crippen LogP contribution is -2.32. The molecule has 0 unspecified atom stereocenters. The van der Waals surface area contributed by atoms with Gasteiger partial charge in [0, 0.05) is 5.56 Å². The van der Waals surface area contributed by atoms with Gasteiger partial charge in [-0.3, -0.25) is 14.4 Å². The fraction of sp³-hybridized carbons (Fsp3) is 0.348. The van der Waals surface area contributed by atoms with Gasteiger partial charge in [-0.2, -0.15) is 0 Å². The Kier molecular flexibility index (Phi) is 5.75. The first-order valence-corrected chi connectivity index (χ1v) is 10.6. The summed E-state index contributed by atoms with van der Waals surface area (Å²) in [6.45, 7) is 10.1. The minimum Gasteiger partial charge on any atom is -0.282 e. The number of carbonyl (C=O) groups is 3. The number of amides is 2. The van der Waals surface area contributed by atoms with Crippen LogP contribution in [0.15, 0.2) is 36.4 Å². The predicted molar refractivity (Wildman–Crippen MR) is 115 cm³/mol. The van der Waals surface area contributed by atoms with Gasteiger partial charge in [0.15, 0.2) is 0 Å². The third-order valence-electron chi connectivity index (χ3n) is 4.98. The van der Waals surface area contributed by atoms with Gasteiger partial charge < -0.3 is 0 Å². The van der Waals surface area contributed by atoms with Crippen LogP contribution < -0.4 is 4.90 Å². The fourth-order valence-electron chi connectivity index (χ4n) is 3.64. The molecule has 0 aliphatic carbocycles. The van der Waals surface area contributed by atoms with E-state index in [4.69, 9.17) is 0 Å². The van der Waals surface area contributed by atoms with Gasteiger partial charge in [-0.1, -0.05) is 70.6 Å². The molecule has 146 valence electrons. The molecular weight excluding hydrogens is 370 g/mol. The molecule has 0 saturated carbocycles. The smallest absolute Gasteiger partial charge is 0.266 e. The lowest BCUT2D eigenvalue weighted by molar-refractivity contribution is 0.0922. The summed E-state index contributed by atoms with van der Waals surface area (Å²) < 4.78 is 0. The van der Waals surface area contributed by atoms with Crippen LogP contribution in [0.2, 0.25) is 0 Å². The van der Waals surface area contributed by atoms with Crippen molar-refractivity contribution in [3.05, 3.63) is 64.2 Å². The second-order valence-corrected chi connectivity index (χ2v) is 8.73. The van der Waals surface area contributed by atoms with Crippen LogP contribution in [0.4, 0.5) is 5.69 Å². The van der Waals surface area contributed by atoms with E-state index in [9.17, 15) is 14.4 Å². The molecule has 4 nitrogen and oxygen atoms in total. The van der Waals surface area contributed by atoms with Crippen molar-refractivity contribution in [1.82, 2.24) is 0 Å². The summed E-state index contributed by atoms with van der Waals surface area (Å²) in [6.07, 6.45) is 0. The van der Waals surface area contributed by atoms with Crippen molar-refractivity contribution in [1.29, 1.82) is 0 Å². The zero-order valence-corrected chi connectivity index (χ0v) is 17.7. The number of para-hydroxylation sites is 1. The van der Waals surface area contributed by atoms with Crippen LogP contribution in [0, 0.1) is 0 Å². The highest BCUT2D eigenvalue weighted by Gasteiger charge is 2.41. The molecule has 0 bridgehead atoms. The molecule has 0 aromatic heterocycles. The van der Waals surface area contributed by atoms with E-state index in [2.05, 4.69) is 0 Å². The van der Waals surface area contributed by atoms with Crippen molar-refractivity contribution in [3.63, 3.8) is 0 Å². The Morgan fingerprint density at radius 3 is 2.04 bits per heavy atom. The number of benzene rings is 2. The van der Waals surface area contributed by atoms with Crippen LogP contribution in [-0.4, -0.2) is 22.7 Å². The molecule has 0 saturated heterocycles. The molecule has 1 heterocycles. The highest BCUT2D eigenvalue weighted by Crippen LogP contribution is 2.40. The number of hydrogen-bond donors (Lipinski definition) is 0. The maximum absolute atomic E-state index is 13.4. The first-order chi connectivity index (χ1) is 13.3. The Hall–Kier alpha value is -2.40.